The molecule has 2 aromatic rings. The van der Waals surface area contributed by atoms with Gasteiger partial charge in [-0.15, -0.1) is 0 Å². The number of halogens is 1. The Balaban J connectivity index is 2.55. The Labute approximate surface area is 97.3 Å². The monoisotopic (exact) mass is 233 g/mol. The molecular formula is C12H8ClNO2. The van der Waals surface area contributed by atoms with Crippen LogP contribution < -0.4 is 0 Å². The van der Waals surface area contributed by atoms with E-state index in [4.69, 9.17) is 16.7 Å². The fourth-order valence-corrected chi connectivity index (χ4v) is 1.57. The lowest BCUT2D eigenvalue weighted by atomic mass is 10.0. The second-order valence-corrected chi connectivity index (χ2v) is 3.67. The van der Waals surface area contributed by atoms with Gasteiger partial charge in [0, 0.05) is 23.0 Å². The number of carboxylic acid groups (broad SMARTS) is 1. The predicted molar refractivity (Wildman–Crippen MR) is 61.6 cm³/mol. The maximum atomic E-state index is 11.0. The van der Waals surface area contributed by atoms with E-state index in [9.17, 15) is 4.79 Å². The topological polar surface area (TPSA) is 50.2 Å². The number of carbonyl (C=O) groups is 1. The third kappa shape index (κ3) is 2.04. The summed E-state index contributed by atoms with van der Waals surface area (Å²) >= 11 is 5.77. The Morgan fingerprint density at radius 3 is 2.50 bits per heavy atom. The van der Waals surface area contributed by atoms with Gasteiger partial charge in [-0.2, -0.15) is 0 Å². The van der Waals surface area contributed by atoms with Crippen LogP contribution in [0.1, 0.15) is 10.4 Å². The second kappa shape index (κ2) is 4.33. The third-order valence-corrected chi connectivity index (χ3v) is 2.46. The molecule has 1 aromatic heterocycles. The zero-order chi connectivity index (χ0) is 11.5. The molecule has 0 amide bonds. The molecule has 0 saturated carbocycles. The zero-order valence-electron chi connectivity index (χ0n) is 8.22. The van der Waals surface area contributed by atoms with Crippen molar-refractivity contribution in [2.75, 3.05) is 0 Å². The Bertz CT molecular complexity index is 523. The van der Waals surface area contributed by atoms with Crippen LogP contribution in [0, 0.1) is 0 Å². The molecule has 0 spiro atoms. The first-order chi connectivity index (χ1) is 7.68. The Morgan fingerprint density at radius 1 is 1.19 bits per heavy atom. The van der Waals surface area contributed by atoms with Crippen molar-refractivity contribution in [3.8, 4) is 11.1 Å². The van der Waals surface area contributed by atoms with Crippen molar-refractivity contribution in [3.63, 3.8) is 0 Å². The van der Waals surface area contributed by atoms with Crippen LogP contribution >= 0.6 is 11.6 Å². The highest BCUT2D eigenvalue weighted by Crippen LogP contribution is 2.24. The summed E-state index contributed by atoms with van der Waals surface area (Å²) in [4.78, 5) is 14.9. The lowest BCUT2D eigenvalue weighted by Gasteiger charge is -2.05. The molecule has 0 unspecified atom stereocenters. The zero-order valence-corrected chi connectivity index (χ0v) is 8.98. The number of carboxylic acids is 1. The number of rotatable bonds is 2. The molecule has 2 rings (SSSR count). The van der Waals surface area contributed by atoms with E-state index in [1.165, 1.54) is 18.5 Å². The molecule has 0 atom stereocenters. The average molecular weight is 234 g/mol. The van der Waals surface area contributed by atoms with Crippen molar-refractivity contribution in [1.82, 2.24) is 4.98 Å². The lowest BCUT2D eigenvalue weighted by molar-refractivity contribution is 0.0697. The summed E-state index contributed by atoms with van der Waals surface area (Å²) < 4.78 is 0. The number of aromatic carboxylic acids is 1. The smallest absolute Gasteiger partial charge is 0.336 e. The second-order valence-electron chi connectivity index (χ2n) is 3.23. The number of hydrogen-bond donors (Lipinski definition) is 1. The van der Waals surface area contributed by atoms with E-state index in [-0.39, 0.29) is 5.56 Å². The summed E-state index contributed by atoms with van der Waals surface area (Å²) in [6, 6.07) is 8.45. The van der Waals surface area contributed by atoms with E-state index in [1.54, 1.807) is 24.3 Å². The predicted octanol–water partition coefficient (Wildman–Crippen LogP) is 3.10. The first-order valence-electron chi connectivity index (χ1n) is 4.62. The third-order valence-electron chi connectivity index (χ3n) is 2.21. The molecule has 3 nitrogen and oxygen atoms in total. The van der Waals surface area contributed by atoms with Crippen molar-refractivity contribution < 1.29 is 9.90 Å². The van der Waals surface area contributed by atoms with Crippen LogP contribution in [0.5, 0.6) is 0 Å². The van der Waals surface area contributed by atoms with Crippen LogP contribution in [0.2, 0.25) is 5.02 Å². The van der Waals surface area contributed by atoms with E-state index in [0.29, 0.717) is 10.6 Å². The normalized spacial score (nSPS) is 10.1. The van der Waals surface area contributed by atoms with Crippen LogP contribution in [0.15, 0.2) is 42.7 Å². The molecule has 0 radical (unpaired) electrons. The van der Waals surface area contributed by atoms with Gasteiger partial charge >= 0.3 is 5.97 Å². The molecule has 0 aliphatic heterocycles. The van der Waals surface area contributed by atoms with Crippen LogP contribution in [0.4, 0.5) is 0 Å². The average Bonchev–Trinajstić information content (AvgIpc) is 2.30. The van der Waals surface area contributed by atoms with Crippen molar-refractivity contribution in [2.45, 2.75) is 0 Å². The summed E-state index contributed by atoms with van der Waals surface area (Å²) in [5.74, 6) is -0.965. The maximum absolute atomic E-state index is 11.0. The summed E-state index contributed by atoms with van der Waals surface area (Å²) in [5, 5.41) is 9.64. The molecule has 0 fully saturated rings. The Morgan fingerprint density at radius 2 is 1.88 bits per heavy atom. The van der Waals surface area contributed by atoms with E-state index < -0.39 is 5.97 Å². The van der Waals surface area contributed by atoms with Gasteiger partial charge in [0.15, 0.2) is 0 Å². The number of pyridine rings is 1. The molecule has 0 bridgehead atoms. The molecule has 80 valence electrons. The first-order valence-corrected chi connectivity index (χ1v) is 4.99. The molecule has 16 heavy (non-hydrogen) atoms. The number of benzene rings is 1. The summed E-state index contributed by atoms with van der Waals surface area (Å²) in [7, 11) is 0. The van der Waals surface area contributed by atoms with Crippen molar-refractivity contribution in [1.29, 1.82) is 0 Å². The van der Waals surface area contributed by atoms with Gasteiger partial charge < -0.3 is 5.11 Å². The number of hydrogen-bond acceptors (Lipinski definition) is 2. The fraction of sp³-hybridized carbons (Fsp3) is 0. The molecule has 4 heteroatoms. The highest BCUT2D eigenvalue weighted by atomic mass is 35.5. The molecule has 1 N–H and O–H groups in total. The summed E-state index contributed by atoms with van der Waals surface area (Å²) in [5.41, 5.74) is 1.61. The van der Waals surface area contributed by atoms with Gasteiger partial charge in [-0.1, -0.05) is 23.7 Å². The van der Waals surface area contributed by atoms with Crippen molar-refractivity contribution >= 4 is 17.6 Å². The van der Waals surface area contributed by atoms with Crippen molar-refractivity contribution in [2.24, 2.45) is 0 Å². The number of aromatic nitrogens is 1. The van der Waals surface area contributed by atoms with Gasteiger partial charge in [0.25, 0.3) is 0 Å². The minimum absolute atomic E-state index is 0.234. The van der Waals surface area contributed by atoms with Gasteiger partial charge in [0.05, 0.1) is 5.56 Å². The summed E-state index contributed by atoms with van der Waals surface area (Å²) in [6.45, 7) is 0. The van der Waals surface area contributed by atoms with Crippen LogP contribution in [-0.2, 0) is 0 Å². The molecule has 1 heterocycles. The van der Waals surface area contributed by atoms with Crippen molar-refractivity contribution in [3.05, 3.63) is 53.3 Å². The first kappa shape index (κ1) is 10.6. The van der Waals surface area contributed by atoms with Gasteiger partial charge in [-0.25, -0.2) is 4.79 Å². The highest BCUT2D eigenvalue weighted by molar-refractivity contribution is 6.30. The van der Waals surface area contributed by atoms with Gasteiger partial charge in [0.1, 0.15) is 0 Å². The largest absolute Gasteiger partial charge is 0.478 e. The van der Waals surface area contributed by atoms with Crippen LogP contribution in [0.25, 0.3) is 11.1 Å². The van der Waals surface area contributed by atoms with Gasteiger partial charge in [-0.3, -0.25) is 4.98 Å². The molecule has 0 saturated heterocycles. The van der Waals surface area contributed by atoms with E-state index in [0.717, 1.165) is 5.56 Å². The van der Waals surface area contributed by atoms with E-state index >= 15 is 0 Å². The molecule has 0 aliphatic rings. The minimum atomic E-state index is -0.965. The SMILES string of the molecule is O=C(O)c1ccncc1-c1ccc(Cl)cc1. The van der Waals surface area contributed by atoms with Crippen LogP contribution in [-0.4, -0.2) is 16.1 Å². The molecule has 0 aliphatic carbocycles. The van der Waals surface area contributed by atoms with Gasteiger partial charge in [-0.05, 0) is 23.8 Å². The maximum Gasteiger partial charge on any atom is 0.336 e. The molecular weight excluding hydrogens is 226 g/mol. The van der Waals surface area contributed by atoms with E-state index in [2.05, 4.69) is 4.98 Å². The minimum Gasteiger partial charge on any atom is -0.478 e. The Kier molecular flexibility index (Phi) is 2.88. The summed E-state index contributed by atoms with van der Waals surface area (Å²) in [6.07, 6.45) is 3.00. The number of nitrogens with zero attached hydrogens (tertiary/aromatic N) is 1. The lowest BCUT2D eigenvalue weighted by Crippen LogP contribution is -1.99. The molecule has 1 aromatic carbocycles. The standard InChI is InChI=1S/C12H8ClNO2/c13-9-3-1-8(2-4-9)11-7-14-6-5-10(11)12(15)16/h1-7H,(H,15,16). The van der Waals surface area contributed by atoms with Gasteiger partial charge in [0.2, 0.25) is 0 Å². The quantitative estimate of drug-likeness (QED) is 0.867. The fourth-order valence-electron chi connectivity index (χ4n) is 1.44. The Hall–Kier alpha value is -1.87. The van der Waals surface area contributed by atoms with Crippen LogP contribution in [0.3, 0.4) is 0 Å². The highest BCUT2D eigenvalue weighted by Gasteiger charge is 2.10. The van der Waals surface area contributed by atoms with E-state index in [1.807, 2.05) is 0 Å².